The fourth-order valence-corrected chi connectivity index (χ4v) is 3.45. The summed E-state index contributed by atoms with van der Waals surface area (Å²) in [6.45, 7) is 6.11. The largest absolute Gasteiger partial charge is 0.373 e. The Morgan fingerprint density at radius 1 is 1.21 bits per heavy atom. The molecule has 2 rings (SSSR count). The van der Waals surface area contributed by atoms with Gasteiger partial charge in [0, 0.05) is 19.0 Å². The van der Waals surface area contributed by atoms with Gasteiger partial charge in [0.1, 0.15) is 21.7 Å². The Bertz CT molecular complexity index is 567. The van der Waals surface area contributed by atoms with Crippen molar-refractivity contribution in [3.05, 3.63) is 16.4 Å². The maximum absolute atomic E-state index is 4.63. The minimum absolute atomic E-state index is 0.876. The molecular formula is C12H17N5S2. The predicted octanol–water partition coefficient (Wildman–Crippen LogP) is 3.09. The molecule has 5 nitrogen and oxygen atoms in total. The van der Waals surface area contributed by atoms with E-state index < -0.39 is 0 Å². The van der Waals surface area contributed by atoms with Gasteiger partial charge >= 0.3 is 0 Å². The predicted molar refractivity (Wildman–Crippen MR) is 79.1 cm³/mol. The highest BCUT2D eigenvalue weighted by Crippen LogP contribution is 2.32. The highest BCUT2D eigenvalue weighted by molar-refractivity contribution is 8.01. The SMILES string of the molecule is CCCc1nc(NC)c(C)c(Sc2nnc(C)s2)n1. The number of nitrogens with zero attached hydrogens (tertiary/aromatic N) is 4. The van der Waals surface area contributed by atoms with Crippen molar-refractivity contribution in [2.75, 3.05) is 12.4 Å². The van der Waals surface area contributed by atoms with Crippen molar-refractivity contribution in [1.82, 2.24) is 20.2 Å². The maximum Gasteiger partial charge on any atom is 0.180 e. The molecule has 0 atom stereocenters. The average Bonchev–Trinajstić information content (AvgIpc) is 2.79. The van der Waals surface area contributed by atoms with Gasteiger partial charge in [-0.15, -0.1) is 10.2 Å². The van der Waals surface area contributed by atoms with Gasteiger partial charge in [-0.05, 0) is 32.0 Å². The van der Waals surface area contributed by atoms with Crippen molar-refractivity contribution in [3.63, 3.8) is 0 Å². The van der Waals surface area contributed by atoms with Crippen LogP contribution < -0.4 is 5.32 Å². The number of aryl methyl sites for hydroxylation is 2. The molecule has 0 radical (unpaired) electrons. The van der Waals surface area contributed by atoms with Gasteiger partial charge in [0.05, 0.1) is 0 Å². The summed E-state index contributed by atoms with van der Waals surface area (Å²) in [5.74, 6) is 1.77. The molecule has 102 valence electrons. The Morgan fingerprint density at radius 3 is 2.58 bits per heavy atom. The highest BCUT2D eigenvalue weighted by atomic mass is 32.2. The number of aromatic nitrogens is 4. The van der Waals surface area contributed by atoms with E-state index in [2.05, 4.69) is 32.4 Å². The van der Waals surface area contributed by atoms with Crippen LogP contribution in [0.3, 0.4) is 0 Å². The molecule has 1 N–H and O–H groups in total. The zero-order chi connectivity index (χ0) is 13.8. The lowest BCUT2D eigenvalue weighted by Crippen LogP contribution is -2.04. The van der Waals surface area contributed by atoms with E-state index in [4.69, 9.17) is 0 Å². The van der Waals surface area contributed by atoms with E-state index >= 15 is 0 Å². The molecule has 0 saturated heterocycles. The van der Waals surface area contributed by atoms with Crippen LogP contribution in [0.5, 0.6) is 0 Å². The zero-order valence-electron chi connectivity index (χ0n) is 11.5. The third kappa shape index (κ3) is 3.42. The third-order valence-corrected chi connectivity index (χ3v) is 4.53. The van der Waals surface area contributed by atoms with Gasteiger partial charge in [0.15, 0.2) is 4.34 Å². The summed E-state index contributed by atoms with van der Waals surface area (Å²) >= 11 is 3.14. The molecule has 0 saturated carbocycles. The van der Waals surface area contributed by atoms with E-state index in [1.807, 2.05) is 20.9 Å². The van der Waals surface area contributed by atoms with Gasteiger partial charge in [-0.1, -0.05) is 18.3 Å². The number of hydrogen-bond acceptors (Lipinski definition) is 7. The molecule has 0 amide bonds. The summed E-state index contributed by atoms with van der Waals surface area (Å²) < 4.78 is 0.920. The molecule has 0 unspecified atom stereocenters. The van der Waals surface area contributed by atoms with Crippen molar-refractivity contribution < 1.29 is 0 Å². The number of rotatable bonds is 5. The van der Waals surface area contributed by atoms with E-state index in [1.165, 1.54) is 0 Å². The van der Waals surface area contributed by atoms with Crippen LogP contribution in [0.2, 0.25) is 0 Å². The fourth-order valence-electron chi connectivity index (χ4n) is 1.62. The number of hydrogen-bond donors (Lipinski definition) is 1. The van der Waals surface area contributed by atoms with Crippen LogP contribution in [0.4, 0.5) is 5.82 Å². The van der Waals surface area contributed by atoms with Gasteiger partial charge in [0.25, 0.3) is 0 Å². The highest BCUT2D eigenvalue weighted by Gasteiger charge is 2.13. The Morgan fingerprint density at radius 2 is 2.00 bits per heavy atom. The van der Waals surface area contributed by atoms with Gasteiger partial charge in [0.2, 0.25) is 0 Å². The minimum atomic E-state index is 0.876. The topological polar surface area (TPSA) is 63.6 Å². The van der Waals surface area contributed by atoms with Crippen molar-refractivity contribution in [2.24, 2.45) is 0 Å². The maximum atomic E-state index is 4.63. The fraction of sp³-hybridized carbons (Fsp3) is 0.500. The first-order valence-corrected chi connectivity index (χ1v) is 7.80. The normalized spacial score (nSPS) is 10.7. The van der Waals surface area contributed by atoms with Crippen LogP contribution in [-0.4, -0.2) is 27.2 Å². The van der Waals surface area contributed by atoms with E-state index in [9.17, 15) is 0 Å². The van der Waals surface area contributed by atoms with Crippen molar-refractivity contribution >= 4 is 28.9 Å². The molecule has 2 heterocycles. The first-order chi connectivity index (χ1) is 9.13. The summed E-state index contributed by atoms with van der Waals surface area (Å²) in [4.78, 5) is 9.15. The smallest absolute Gasteiger partial charge is 0.180 e. The molecule has 0 aliphatic rings. The molecule has 2 aromatic rings. The van der Waals surface area contributed by atoms with Crippen LogP contribution in [-0.2, 0) is 6.42 Å². The quantitative estimate of drug-likeness (QED) is 0.855. The second kappa shape index (κ2) is 6.29. The lowest BCUT2D eigenvalue weighted by atomic mass is 10.3. The zero-order valence-corrected chi connectivity index (χ0v) is 13.2. The lowest BCUT2D eigenvalue weighted by Gasteiger charge is -2.10. The van der Waals surface area contributed by atoms with E-state index in [1.54, 1.807) is 23.1 Å². The van der Waals surface area contributed by atoms with Crippen LogP contribution >= 0.6 is 23.1 Å². The molecule has 0 aromatic carbocycles. The molecule has 7 heteroatoms. The first kappa shape index (κ1) is 14.2. The number of anilines is 1. The summed E-state index contributed by atoms with van der Waals surface area (Å²) in [5.41, 5.74) is 1.06. The molecule has 0 bridgehead atoms. The van der Waals surface area contributed by atoms with Crippen LogP contribution in [0.1, 0.15) is 29.7 Å². The van der Waals surface area contributed by atoms with Crippen molar-refractivity contribution in [1.29, 1.82) is 0 Å². The molecule has 0 aliphatic carbocycles. The van der Waals surface area contributed by atoms with Crippen molar-refractivity contribution in [2.45, 2.75) is 43.0 Å². The minimum Gasteiger partial charge on any atom is -0.373 e. The Kier molecular flexibility index (Phi) is 4.71. The van der Waals surface area contributed by atoms with Crippen LogP contribution in [0.25, 0.3) is 0 Å². The van der Waals surface area contributed by atoms with E-state index in [0.29, 0.717) is 0 Å². The van der Waals surface area contributed by atoms with E-state index in [0.717, 1.165) is 44.4 Å². The average molecular weight is 295 g/mol. The van der Waals surface area contributed by atoms with Gasteiger partial charge in [-0.2, -0.15) is 0 Å². The van der Waals surface area contributed by atoms with Gasteiger partial charge in [-0.3, -0.25) is 0 Å². The standard InChI is InChI=1S/C12H17N5S2/c1-5-6-9-14-10(13-4)7(2)11(15-9)19-12-17-16-8(3)18-12/h5-6H2,1-4H3,(H,13,14,15). The second-order valence-corrected chi connectivity index (χ2v) is 6.53. The summed E-state index contributed by atoms with van der Waals surface area (Å²) in [5, 5.41) is 13.2. The van der Waals surface area contributed by atoms with Crippen LogP contribution in [0, 0.1) is 13.8 Å². The van der Waals surface area contributed by atoms with Gasteiger partial charge in [-0.25, -0.2) is 9.97 Å². The summed E-state index contributed by atoms with van der Waals surface area (Å²) in [6.07, 6.45) is 1.92. The van der Waals surface area contributed by atoms with Crippen LogP contribution in [0.15, 0.2) is 9.37 Å². The van der Waals surface area contributed by atoms with Gasteiger partial charge < -0.3 is 5.32 Å². The molecule has 0 aliphatic heterocycles. The Balaban J connectivity index is 2.34. The molecule has 2 aromatic heterocycles. The summed E-state index contributed by atoms with van der Waals surface area (Å²) in [7, 11) is 1.88. The number of nitrogens with one attached hydrogen (secondary N) is 1. The molecule has 19 heavy (non-hydrogen) atoms. The van der Waals surface area contributed by atoms with E-state index in [-0.39, 0.29) is 0 Å². The Labute approximate surface area is 121 Å². The molecular weight excluding hydrogens is 278 g/mol. The lowest BCUT2D eigenvalue weighted by molar-refractivity contribution is 0.803. The monoisotopic (exact) mass is 295 g/mol. The van der Waals surface area contributed by atoms with Crippen molar-refractivity contribution in [3.8, 4) is 0 Å². The Hall–Kier alpha value is -1.21. The second-order valence-electron chi connectivity index (χ2n) is 4.11. The molecule has 0 fully saturated rings. The first-order valence-electron chi connectivity index (χ1n) is 6.17. The molecule has 0 spiro atoms. The third-order valence-electron chi connectivity index (χ3n) is 2.55. The summed E-state index contributed by atoms with van der Waals surface area (Å²) in [6, 6.07) is 0.